The summed E-state index contributed by atoms with van der Waals surface area (Å²) >= 11 is 2.77. The molecule has 0 unspecified atom stereocenters. The van der Waals surface area contributed by atoms with E-state index in [4.69, 9.17) is 1.43 Å². The van der Waals surface area contributed by atoms with Crippen LogP contribution < -0.4 is 0 Å². The van der Waals surface area contributed by atoms with Crippen LogP contribution in [0.2, 0.25) is 0 Å². The van der Waals surface area contributed by atoms with Crippen LogP contribution in [0.3, 0.4) is 0 Å². The number of halogens is 1. The zero-order valence-corrected chi connectivity index (χ0v) is 3.99. The quantitative estimate of drug-likeness (QED) is 0.357. The molecule has 0 aliphatic heterocycles. The first-order chi connectivity index (χ1) is 2.77. The molecule has 3 heteroatoms. The Kier molecular flexibility index (Phi) is 1.42. The molecule has 0 atom stereocenters. The molecule has 0 aliphatic carbocycles. The second-order valence-corrected chi connectivity index (χ2v) is 1.32. The third-order valence-electron chi connectivity index (χ3n) is 0.0904. The molecular formula is C2H3BrO2. The number of rotatable bonds is 2. The fourth-order valence-electron chi connectivity index (χ4n) is 0. The highest BCUT2D eigenvalue weighted by atomic mass is 79.9. The first-order valence-electron chi connectivity index (χ1n) is 1.32. The summed E-state index contributed by atoms with van der Waals surface area (Å²) in [5.41, 5.74) is 0. The summed E-state index contributed by atoms with van der Waals surface area (Å²) in [6, 6.07) is 0. The van der Waals surface area contributed by atoms with Crippen molar-refractivity contribution in [3.05, 3.63) is 11.2 Å². The molecule has 0 rings (SSSR count). The van der Waals surface area contributed by atoms with Crippen molar-refractivity contribution >= 4 is 15.9 Å². The Hall–Kier alpha value is -0.0200. The zero-order chi connectivity index (χ0) is 4.99. The molecule has 0 saturated carbocycles. The van der Waals surface area contributed by atoms with Crippen LogP contribution in [0.15, 0.2) is 11.2 Å². The highest BCUT2D eigenvalue weighted by Gasteiger charge is 1.72. The van der Waals surface area contributed by atoms with Gasteiger partial charge in [0.05, 0.1) is 0 Å². The molecule has 0 aromatic rings. The molecule has 0 saturated heterocycles. The number of hydrogen-bond donors (Lipinski definition) is 1. The Bertz CT molecular complexity index is 55.5. The van der Waals surface area contributed by atoms with Gasteiger partial charge in [-0.15, -0.1) is 0 Å². The molecule has 5 heavy (non-hydrogen) atoms. The van der Waals surface area contributed by atoms with Gasteiger partial charge < -0.3 is 4.89 Å². The van der Waals surface area contributed by atoms with Gasteiger partial charge in [-0.25, -0.2) is 5.26 Å². The van der Waals surface area contributed by atoms with Crippen LogP contribution >= 0.6 is 15.9 Å². The van der Waals surface area contributed by atoms with Crippen LogP contribution in [0.5, 0.6) is 0 Å². The predicted octanol–water partition coefficient (Wildman–Crippen LogP) is 1.34. The first kappa shape index (κ1) is 3.18. The highest BCUT2D eigenvalue weighted by Crippen LogP contribution is 1.96. The van der Waals surface area contributed by atoms with Gasteiger partial charge in [0.15, 0.2) is 4.67 Å². The summed E-state index contributed by atoms with van der Waals surface area (Å²) in [4.78, 5) is 3.93. The highest BCUT2D eigenvalue weighted by molar-refractivity contribution is 9.11. The average molecular weight is 141 g/mol. The largest absolute Gasteiger partial charge is 0.333 e. The SMILES string of the molecule is [3H]OOC(=C)Br. The standard InChI is InChI=1S/C2H3BrO2/c1-2(3)5-4/h4H,1H2/i/hT. The van der Waals surface area contributed by atoms with E-state index in [2.05, 4.69) is 32.7 Å². The van der Waals surface area contributed by atoms with Crippen LogP contribution in [0, 0.1) is 0 Å². The van der Waals surface area contributed by atoms with Crippen molar-refractivity contribution in [2.75, 3.05) is 0 Å². The van der Waals surface area contributed by atoms with Gasteiger partial charge in [0.25, 0.3) is 1.43 Å². The van der Waals surface area contributed by atoms with E-state index < -0.39 is 0 Å². The van der Waals surface area contributed by atoms with Gasteiger partial charge in [0.1, 0.15) is 0 Å². The molecule has 0 fully saturated rings. The van der Waals surface area contributed by atoms with Crippen molar-refractivity contribution in [2.24, 2.45) is 0 Å². The van der Waals surface area contributed by atoms with Crippen LogP contribution in [0.1, 0.15) is 0 Å². The van der Waals surface area contributed by atoms with Crippen molar-refractivity contribution in [3.8, 4) is 0 Å². The zero-order valence-electron chi connectivity index (χ0n) is 3.40. The Balaban J connectivity index is 2.83. The topological polar surface area (TPSA) is 29.5 Å². The summed E-state index contributed by atoms with van der Waals surface area (Å²) in [5, 5.41) is 3.41. The molecule has 0 amide bonds. The van der Waals surface area contributed by atoms with E-state index in [1.807, 2.05) is 0 Å². The lowest BCUT2D eigenvalue weighted by Gasteiger charge is -1.81. The van der Waals surface area contributed by atoms with E-state index in [9.17, 15) is 0 Å². The van der Waals surface area contributed by atoms with Crippen LogP contribution in [0.25, 0.3) is 1.43 Å². The minimum absolute atomic E-state index is 0.192. The maximum Gasteiger partial charge on any atom is 0.270 e. The Morgan fingerprint density at radius 2 is 3.00 bits per heavy atom. The Morgan fingerprint density at radius 1 is 2.40 bits per heavy atom. The van der Waals surface area contributed by atoms with E-state index in [0.29, 0.717) is 0 Å². The summed E-state index contributed by atoms with van der Waals surface area (Å²) in [6.45, 7) is 3.19. The van der Waals surface area contributed by atoms with Crippen molar-refractivity contribution in [1.29, 1.82) is 1.43 Å². The smallest absolute Gasteiger partial charge is 0.270 e. The van der Waals surface area contributed by atoms with Gasteiger partial charge in [-0.2, -0.15) is 0 Å². The fourth-order valence-corrected chi connectivity index (χ4v) is 0. The molecule has 0 aliphatic rings. The molecular weight excluding hydrogens is 136 g/mol. The Labute approximate surface area is 39.6 Å². The second kappa shape index (κ2) is 2.23. The predicted molar refractivity (Wildman–Crippen MR) is 21.8 cm³/mol. The summed E-state index contributed by atoms with van der Waals surface area (Å²) in [7, 11) is 0. The summed E-state index contributed by atoms with van der Waals surface area (Å²) in [5.74, 6) is 0. The van der Waals surface area contributed by atoms with Crippen molar-refractivity contribution in [3.63, 3.8) is 0 Å². The molecule has 1 N–H and O–H groups in total. The van der Waals surface area contributed by atoms with Crippen LogP contribution in [-0.4, -0.2) is 5.26 Å². The summed E-state index contributed by atoms with van der Waals surface area (Å²) < 4.78 is 6.11. The van der Waals surface area contributed by atoms with Crippen molar-refractivity contribution < 1.29 is 10.1 Å². The van der Waals surface area contributed by atoms with E-state index in [1.165, 1.54) is 0 Å². The maximum atomic E-state index is 5.92. The second-order valence-electron chi connectivity index (χ2n) is 0.438. The molecule has 0 aromatic heterocycles. The molecule has 30 valence electrons. The van der Waals surface area contributed by atoms with Crippen molar-refractivity contribution in [1.82, 2.24) is 0 Å². The molecule has 0 heterocycles. The molecule has 0 radical (unpaired) electrons. The van der Waals surface area contributed by atoms with Gasteiger partial charge in [-0.1, -0.05) is 0 Å². The fraction of sp³-hybridized carbons (Fsp3) is 0. The van der Waals surface area contributed by atoms with Crippen LogP contribution in [-0.2, 0) is 4.89 Å². The number of hydrogen-bond acceptors (Lipinski definition) is 2. The van der Waals surface area contributed by atoms with Crippen molar-refractivity contribution in [2.45, 2.75) is 0 Å². The molecule has 0 aromatic carbocycles. The average Bonchev–Trinajstić information content (AvgIpc) is 1.35. The normalized spacial score (nSPS) is 9.40. The monoisotopic (exact) mass is 140 g/mol. The lowest BCUT2D eigenvalue weighted by atomic mass is 11.2. The third-order valence-corrected chi connectivity index (χ3v) is 0.223. The van der Waals surface area contributed by atoms with Gasteiger partial charge in [-0.05, 0) is 22.5 Å². The third kappa shape index (κ3) is 3.98. The Morgan fingerprint density at radius 3 is 3.00 bits per heavy atom. The minimum atomic E-state index is 0.192. The van der Waals surface area contributed by atoms with E-state index >= 15 is 0 Å². The first-order valence-corrected chi connectivity index (χ1v) is 1.71. The lowest BCUT2D eigenvalue weighted by Crippen LogP contribution is -1.67. The van der Waals surface area contributed by atoms with E-state index in [-0.39, 0.29) is 4.67 Å². The van der Waals surface area contributed by atoms with E-state index in [1.54, 1.807) is 0 Å². The molecule has 0 bridgehead atoms. The lowest BCUT2D eigenvalue weighted by molar-refractivity contribution is -0.190. The molecule has 2 nitrogen and oxygen atoms in total. The maximum absolute atomic E-state index is 5.92. The summed E-state index contributed by atoms with van der Waals surface area (Å²) in [6.07, 6.45) is 0. The molecule has 0 spiro atoms. The van der Waals surface area contributed by atoms with Gasteiger partial charge in [0, 0.05) is 0 Å². The van der Waals surface area contributed by atoms with Gasteiger partial charge in [0.2, 0.25) is 0 Å². The van der Waals surface area contributed by atoms with Gasteiger partial charge >= 0.3 is 0 Å². The van der Waals surface area contributed by atoms with Crippen LogP contribution in [0.4, 0.5) is 0 Å². The minimum Gasteiger partial charge on any atom is -0.333 e. The van der Waals surface area contributed by atoms with Gasteiger partial charge in [-0.3, -0.25) is 0 Å². The van der Waals surface area contributed by atoms with E-state index in [0.717, 1.165) is 0 Å².